The molecule has 0 aromatic heterocycles. The fourth-order valence-electron chi connectivity index (χ4n) is 2.24. The molecule has 0 bridgehead atoms. The highest BCUT2D eigenvalue weighted by Crippen LogP contribution is 2.09. The van der Waals surface area contributed by atoms with Crippen molar-refractivity contribution in [1.29, 1.82) is 0 Å². The number of nitrogens with zero attached hydrogens (tertiary/aromatic N) is 1. The smallest absolute Gasteiger partial charge is 0.416 e. The molecule has 172 valence electrons. The van der Waals surface area contributed by atoms with Crippen LogP contribution in [0.25, 0.3) is 0 Å². The molecule has 2 amide bonds. The Hall–Kier alpha value is -2.08. The van der Waals surface area contributed by atoms with Crippen LogP contribution in [0.5, 0.6) is 0 Å². The molecule has 30 heavy (non-hydrogen) atoms. The summed E-state index contributed by atoms with van der Waals surface area (Å²) in [5.41, 5.74) is 21.9. The van der Waals surface area contributed by atoms with Gasteiger partial charge in [-0.2, -0.15) is 0 Å². The van der Waals surface area contributed by atoms with Crippen LogP contribution in [0.4, 0.5) is 4.79 Å². The minimum atomic E-state index is -1.02. The Morgan fingerprint density at radius 1 is 1.00 bits per heavy atom. The number of benzene rings is 1. The van der Waals surface area contributed by atoms with Gasteiger partial charge >= 0.3 is 6.09 Å². The molecule has 0 saturated heterocycles. The molecule has 1 unspecified atom stereocenters. The van der Waals surface area contributed by atoms with E-state index in [1.54, 1.807) is 12.1 Å². The van der Waals surface area contributed by atoms with Crippen molar-refractivity contribution in [2.24, 2.45) is 28.9 Å². The summed E-state index contributed by atoms with van der Waals surface area (Å²) in [5.74, 6) is -0.375. The molecule has 0 aliphatic rings. The fraction of sp³-hybridized carbons (Fsp3) is 0.600. The average molecular weight is 428 g/mol. The summed E-state index contributed by atoms with van der Waals surface area (Å²) in [7, 11) is 0. The quantitative estimate of drug-likeness (QED) is 0.275. The highest BCUT2D eigenvalue weighted by molar-refractivity contribution is 5.94. The summed E-state index contributed by atoms with van der Waals surface area (Å²) in [6.45, 7) is 4.10. The van der Waals surface area contributed by atoms with Crippen molar-refractivity contribution >= 4 is 12.0 Å². The summed E-state index contributed by atoms with van der Waals surface area (Å²) < 4.78 is 5.17. The molecule has 1 rings (SSSR count). The average Bonchev–Trinajstić information content (AvgIpc) is 2.75. The molecule has 0 aliphatic heterocycles. The number of hydrogen-bond acceptors (Lipinski definition) is 9. The van der Waals surface area contributed by atoms with Crippen LogP contribution in [-0.2, 0) is 16.1 Å². The second kappa shape index (κ2) is 15.7. The number of amides is 2. The van der Waals surface area contributed by atoms with Crippen LogP contribution < -0.4 is 22.9 Å². The van der Waals surface area contributed by atoms with Crippen LogP contribution in [0.1, 0.15) is 25.8 Å². The van der Waals surface area contributed by atoms with Gasteiger partial charge in [-0.25, -0.2) is 9.69 Å². The number of ether oxygens (including phenoxy) is 1. The molecule has 1 aromatic carbocycles. The van der Waals surface area contributed by atoms with E-state index >= 15 is 0 Å². The third kappa shape index (κ3) is 11.8. The molecule has 0 fully saturated rings. The highest BCUT2D eigenvalue weighted by Gasteiger charge is 2.29. The van der Waals surface area contributed by atoms with E-state index in [4.69, 9.17) is 32.8 Å². The van der Waals surface area contributed by atoms with E-state index in [0.29, 0.717) is 6.42 Å². The highest BCUT2D eigenvalue weighted by atomic mass is 16.6. The van der Waals surface area contributed by atoms with E-state index in [2.05, 4.69) is 0 Å². The summed E-state index contributed by atoms with van der Waals surface area (Å²) >= 11 is 0. The number of rotatable bonds is 10. The van der Waals surface area contributed by atoms with Crippen LogP contribution in [0.15, 0.2) is 30.3 Å². The van der Waals surface area contributed by atoms with Crippen LogP contribution in [-0.4, -0.2) is 71.5 Å². The van der Waals surface area contributed by atoms with Gasteiger partial charge in [0.05, 0.1) is 24.8 Å². The lowest BCUT2D eigenvalue weighted by atomic mass is 10.0. The van der Waals surface area contributed by atoms with Crippen molar-refractivity contribution in [2.75, 3.05) is 26.2 Å². The molecule has 1 aromatic rings. The molecule has 10 N–H and O–H groups in total. The van der Waals surface area contributed by atoms with Gasteiger partial charge in [0.15, 0.2) is 0 Å². The van der Waals surface area contributed by atoms with E-state index in [1.165, 1.54) is 0 Å². The van der Waals surface area contributed by atoms with Crippen LogP contribution in [0.3, 0.4) is 0 Å². The first-order chi connectivity index (χ1) is 14.2. The fourth-order valence-corrected chi connectivity index (χ4v) is 2.24. The van der Waals surface area contributed by atoms with Crippen molar-refractivity contribution in [2.45, 2.75) is 45.1 Å². The number of aliphatic hydroxyl groups is 2. The maximum atomic E-state index is 12.4. The summed E-state index contributed by atoms with van der Waals surface area (Å²) in [5, 5.41) is 18.1. The first-order valence-electron chi connectivity index (χ1n) is 9.90. The molecule has 0 heterocycles. The summed E-state index contributed by atoms with van der Waals surface area (Å²) in [6.07, 6.45) is -1.94. The van der Waals surface area contributed by atoms with Gasteiger partial charge in [-0.3, -0.25) is 4.79 Å². The number of imide groups is 1. The largest absolute Gasteiger partial charge is 0.444 e. The summed E-state index contributed by atoms with van der Waals surface area (Å²) in [6, 6.07) is 8.27. The Labute approximate surface area is 178 Å². The van der Waals surface area contributed by atoms with Crippen molar-refractivity contribution in [3.8, 4) is 0 Å². The van der Waals surface area contributed by atoms with Gasteiger partial charge in [-0.15, -0.1) is 0 Å². The molecular formula is C20H37N5O5. The van der Waals surface area contributed by atoms with Crippen LogP contribution in [0, 0.1) is 5.92 Å². The Morgan fingerprint density at radius 2 is 1.53 bits per heavy atom. The number of carbonyl (C=O) groups excluding carboxylic acids is 2. The zero-order chi connectivity index (χ0) is 23.1. The molecule has 10 nitrogen and oxygen atoms in total. The third-order valence-electron chi connectivity index (χ3n) is 3.94. The molecule has 0 aliphatic carbocycles. The number of aliphatic hydroxyl groups excluding tert-OH is 2. The van der Waals surface area contributed by atoms with E-state index < -0.39 is 30.3 Å². The SMILES string of the molecule is CC(C)C[C@H](N)C(=O)N(CC(O)CN)C(=O)OCc1ccccc1.NCC(O)CN. The number of nitrogens with two attached hydrogens (primary N) is 4. The van der Waals surface area contributed by atoms with Crippen molar-refractivity contribution in [3.63, 3.8) is 0 Å². The van der Waals surface area contributed by atoms with Crippen molar-refractivity contribution < 1.29 is 24.5 Å². The van der Waals surface area contributed by atoms with Gasteiger partial charge in [0.1, 0.15) is 6.61 Å². The second-order valence-corrected chi connectivity index (χ2v) is 7.24. The first kappa shape index (κ1) is 27.9. The zero-order valence-corrected chi connectivity index (χ0v) is 17.8. The van der Waals surface area contributed by atoms with Crippen molar-refractivity contribution in [1.82, 2.24) is 4.90 Å². The molecular weight excluding hydrogens is 390 g/mol. The van der Waals surface area contributed by atoms with E-state index in [1.807, 2.05) is 32.0 Å². The zero-order valence-electron chi connectivity index (χ0n) is 17.8. The monoisotopic (exact) mass is 427 g/mol. The lowest BCUT2D eigenvalue weighted by Crippen LogP contribution is -2.51. The molecule has 0 spiro atoms. The van der Waals surface area contributed by atoms with Gasteiger partial charge in [0.2, 0.25) is 5.91 Å². The van der Waals surface area contributed by atoms with E-state index in [9.17, 15) is 14.7 Å². The van der Waals surface area contributed by atoms with Gasteiger partial charge in [0, 0.05) is 19.6 Å². The predicted molar refractivity (Wildman–Crippen MR) is 115 cm³/mol. The first-order valence-corrected chi connectivity index (χ1v) is 9.90. The normalized spacial score (nSPS) is 12.7. The lowest BCUT2D eigenvalue weighted by Gasteiger charge is -2.25. The van der Waals surface area contributed by atoms with Gasteiger partial charge in [-0.05, 0) is 17.9 Å². The Morgan fingerprint density at radius 3 is 1.97 bits per heavy atom. The number of carbonyl (C=O) groups is 2. The Kier molecular flexibility index (Phi) is 14.6. The van der Waals surface area contributed by atoms with E-state index in [0.717, 1.165) is 10.5 Å². The minimum absolute atomic E-state index is 0.0294. The number of hydrogen-bond donors (Lipinski definition) is 6. The second-order valence-electron chi connectivity index (χ2n) is 7.24. The van der Waals surface area contributed by atoms with Gasteiger partial charge < -0.3 is 37.9 Å². The van der Waals surface area contributed by atoms with E-state index in [-0.39, 0.29) is 38.7 Å². The molecule has 10 heteroatoms. The predicted octanol–water partition coefficient (Wildman–Crippen LogP) is -0.890. The summed E-state index contributed by atoms with van der Waals surface area (Å²) in [4.78, 5) is 25.5. The Bertz CT molecular complexity index is 599. The Balaban J connectivity index is 0.00000122. The third-order valence-corrected chi connectivity index (χ3v) is 3.94. The van der Waals surface area contributed by atoms with Crippen LogP contribution >= 0.6 is 0 Å². The maximum absolute atomic E-state index is 12.4. The molecule has 0 saturated carbocycles. The van der Waals surface area contributed by atoms with Gasteiger partial charge in [-0.1, -0.05) is 44.2 Å². The molecule has 0 radical (unpaired) electrons. The van der Waals surface area contributed by atoms with Gasteiger partial charge in [0.25, 0.3) is 0 Å². The minimum Gasteiger partial charge on any atom is -0.444 e. The lowest BCUT2D eigenvalue weighted by molar-refractivity contribution is -0.132. The van der Waals surface area contributed by atoms with Crippen LogP contribution in [0.2, 0.25) is 0 Å². The molecule has 2 atom stereocenters. The maximum Gasteiger partial charge on any atom is 0.416 e. The topological polar surface area (TPSA) is 191 Å². The standard InChI is InChI=1S/C17H27N3O4.C3H10N2O/c1-12(2)8-15(19)16(22)20(10-14(21)9-18)17(23)24-11-13-6-4-3-5-7-13;4-1-3(6)2-5/h3-7,12,14-15,21H,8-11,18-19H2,1-2H3;3,6H,1-2,4-5H2/t14?,15-;/m0./s1. The van der Waals surface area contributed by atoms with Crippen molar-refractivity contribution in [3.05, 3.63) is 35.9 Å².